The summed E-state index contributed by atoms with van der Waals surface area (Å²) in [5.74, 6) is 0. The van der Waals surface area contributed by atoms with Gasteiger partial charge < -0.3 is 25.0 Å². The van der Waals surface area contributed by atoms with Crippen molar-refractivity contribution in [3.05, 3.63) is 48.8 Å². The number of hydrogen-bond acceptors (Lipinski definition) is 3. The summed E-state index contributed by atoms with van der Waals surface area (Å²) in [5, 5.41) is 13.9. The normalized spacial score (nSPS) is 10.3. The van der Waals surface area contributed by atoms with Gasteiger partial charge in [0.15, 0.2) is 0 Å². The first-order valence-electron chi connectivity index (χ1n) is 6.76. The molecule has 0 aliphatic rings. The number of aromatic nitrogens is 1. The second kappa shape index (κ2) is 8.08. The Labute approximate surface area is 123 Å². The number of benzene rings is 1. The lowest BCUT2D eigenvalue weighted by atomic mass is 10.3. The molecule has 0 fully saturated rings. The average molecular weight is 289 g/mol. The fourth-order valence-electron chi connectivity index (χ4n) is 1.80. The average Bonchev–Trinajstić information content (AvgIpc) is 3.02. The molecule has 1 aromatic heterocycles. The number of aliphatic hydroxyl groups excluding tert-OH is 1. The van der Waals surface area contributed by atoms with Crippen molar-refractivity contribution in [1.29, 1.82) is 0 Å². The Morgan fingerprint density at radius 2 is 1.86 bits per heavy atom. The molecule has 0 aliphatic carbocycles. The quantitative estimate of drug-likeness (QED) is 0.678. The zero-order valence-electron chi connectivity index (χ0n) is 11.7. The molecule has 0 atom stereocenters. The van der Waals surface area contributed by atoms with E-state index >= 15 is 0 Å². The van der Waals surface area contributed by atoms with Crippen LogP contribution < -0.4 is 10.6 Å². The Balaban J connectivity index is 1.76. The maximum atomic E-state index is 11.6. The number of amides is 2. The molecule has 6 heteroatoms. The van der Waals surface area contributed by atoms with E-state index < -0.39 is 0 Å². The van der Waals surface area contributed by atoms with E-state index in [1.165, 1.54) is 0 Å². The molecule has 1 heterocycles. The van der Waals surface area contributed by atoms with E-state index in [-0.39, 0.29) is 19.2 Å². The minimum atomic E-state index is -0.281. The molecule has 2 amide bonds. The molecule has 0 saturated carbocycles. The van der Waals surface area contributed by atoms with Crippen LogP contribution in [-0.2, 0) is 4.74 Å². The lowest BCUT2D eigenvalue weighted by Crippen LogP contribution is -2.31. The van der Waals surface area contributed by atoms with Crippen LogP contribution in [0.4, 0.5) is 10.5 Å². The third-order valence-electron chi connectivity index (χ3n) is 2.80. The van der Waals surface area contributed by atoms with Crippen LogP contribution in [0.1, 0.15) is 0 Å². The van der Waals surface area contributed by atoms with Crippen molar-refractivity contribution >= 4 is 11.7 Å². The summed E-state index contributed by atoms with van der Waals surface area (Å²) in [7, 11) is 0. The van der Waals surface area contributed by atoms with Gasteiger partial charge in [-0.05, 0) is 36.4 Å². The minimum Gasteiger partial charge on any atom is -0.394 e. The smallest absolute Gasteiger partial charge is 0.319 e. The Morgan fingerprint density at radius 1 is 1.14 bits per heavy atom. The highest BCUT2D eigenvalue weighted by Crippen LogP contribution is 2.13. The molecule has 0 saturated heterocycles. The molecular formula is C15H19N3O3. The number of carbonyl (C=O) groups excluding carboxylic acids is 1. The lowest BCUT2D eigenvalue weighted by Gasteiger charge is -2.09. The lowest BCUT2D eigenvalue weighted by molar-refractivity contribution is 0.0950. The largest absolute Gasteiger partial charge is 0.394 e. The maximum absolute atomic E-state index is 11.6. The number of nitrogens with zero attached hydrogens (tertiary/aromatic N) is 1. The van der Waals surface area contributed by atoms with Gasteiger partial charge in [-0.2, -0.15) is 0 Å². The molecule has 0 spiro atoms. The van der Waals surface area contributed by atoms with Gasteiger partial charge in [-0.25, -0.2) is 4.79 Å². The highest BCUT2D eigenvalue weighted by atomic mass is 16.5. The van der Waals surface area contributed by atoms with Gasteiger partial charge in [0.25, 0.3) is 0 Å². The van der Waals surface area contributed by atoms with Gasteiger partial charge in [-0.1, -0.05) is 0 Å². The van der Waals surface area contributed by atoms with Gasteiger partial charge in [0.05, 0.1) is 19.8 Å². The van der Waals surface area contributed by atoms with Crippen molar-refractivity contribution in [1.82, 2.24) is 9.88 Å². The van der Waals surface area contributed by atoms with Gasteiger partial charge in [-0.3, -0.25) is 0 Å². The number of urea groups is 1. The third-order valence-corrected chi connectivity index (χ3v) is 2.80. The van der Waals surface area contributed by atoms with E-state index in [4.69, 9.17) is 9.84 Å². The summed E-state index contributed by atoms with van der Waals surface area (Å²) in [6, 6.07) is 11.2. The predicted molar refractivity (Wildman–Crippen MR) is 80.7 cm³/mol. The van der Waals surface area contributed by atoms with Crippen LogP contribution >= 0.6 is 0 Å². The van der Waals surface area contributed by atoms with Gasteiger partial charge >= 0.3 is 6.03 Å². The Hall–Kier alpha value is -2.31. The minimum absolute atomic E-state index is 0.0139. The Bertz CT molecular complexity index is 538. The summed E-state index contributed by atoms with van der Waals surface area (Å²) >= 11 is 0. The van der Waals surface area contributed by atoms with Gasteiger partial charge in [0.2, 0.25) is 0 Å². The maximum Gasteiger partial charge on any atom is 0.319 e. The van der Waals surface area contributed by atoms with Gasteiger partial charge in [0.1, 0.15) is 0 Å². The SMILES string of the molecule is O=C(NCCOCCO)Nc1ccc(-n2cccc2)cc1. The van der Waals surface area contributed by atoms with Crippen LogP contribution in [0.2, 0.25) is 0 Å². The molecule has 6 nitrogen and oxygen atoms in total. The van der Waals surface area contributed by atoms with Crippen molar-refractivity contribution in [2.75, 3.05) is 31.7 Å². The monoisotopic (exact) mass is 289 g/mol. The van der Waals surface area contributed by atoms with Crippen LogP contribution in [-0.4, -0.2) is 42.1 Å². The molecule has 1 aromatic carbocycles. The number of hydrogen-bond donors (Lipinski definition) is 3. The van der Waals surface area contributed by atoms with Crippen LogP contribution in [0.25, 0.3) is 5.69 Å². The molecule has 2 rings (SSSR count). The fraction of sp³-hybridized carbons (Fsp3) is 0.267. The van der Waals surface area contributed by atoms with E-state index in [1.807, 2.05) is 53.4 Å². The van der Waals surface area contributed by atoms with Crippen molar-refractivity contribution in [3.8, 4) is 5.69 Å². The Morgan fingerprint density at radius 3 is 2.52 bits per heavy atom. The molecule has 0 radical (unpaired) electrons. The number of aliphatic hydroxyl groups is 1. The second-order valence-corrected chi connectivity index (χ2v) is 4.35. The molecule has 0 bridgehead atoms. The van der Waals surface area contributed by atoms with Crippen LogP contribution in [0.3, 0.4) is 0 Å². The first-order valence-corrected chi connectivity index (χ1v) is 6.76. The van der Waals surface area contributed by atoms with E-state index in [1.54, 1.807) is 0 Å². The van der Waals surface area contributed by atoms with E-state index in [2.05, 4.69) is 10.6 Å². The van der Waals surface area contributed by atoms with Gasteiger partial charge in [0, 0.05) is 30.3 Å². The molecular weight excluding hydrogens is 270 g/mol. The highest BCUT2D eigenvalue weighted by molar-refractivity contribution is 5.89. The van der Waals surface area contributed by atoms with E-state index in [9.17, 15) is 4.79 Å². The summed E-state index contributed by atoms with van der Waals surface area (Å²) in [4.78, 5) is 11.6. The summed E-state index contributed by atoms with van der Waals surface area (Å²) < 4.78 is 7.03. The first-order chi connectivity index (χ1) is 10.3. The summed E-state index contributed by atoms with van der Waals surface area (Å²) in [5.41, 5.74) is 1.75. The zero-order valence-corrected chi connectivity index (χ0v) is 11.7. The van der Waals surface area contributed by atoms with Gasteiger partial charge in [-0.15, -0.1) is 0 Å². The third kappa shape index (κ3) is 4.94. The van der Waals surface area contributed by atoms with Crippen LogP contribution in [0, 0.1) is 0 Å². The fourth-order valence-corrected chi connectivity index (χ4v) is 1.80. The number of ether oxygens (including phenoxy) is 1. The molecule has 0 aliphatic heterocycles. The standard InChI is InChI=1S/C15H19N3O3/c19-10-12-21-11-7-16-15(20)17-13-3-5-14(6-4-13)18-8-1-2-9-18/h1-6,8-9,19H,7,10-12H2,(H2,16,17,20). The van der Waals surface area contributed by atoms with Crippen LogP contribution in [0.5, 0.6) is 0 Å². The molecule has 2 aromatic rings. The first kappa shape index (κ1) is 15.1. The summed E-state index contributed by atoms with van der Waals surface area (Å²) in [6.45, 7) is 1.04. The molecule has 112 valence electrons. The number of carbonyl (C=O) groups is 1. The Kier molecular flexibility index (Phi) is 5.81. The van der Waals surface area contributed by atoms with Crippen molar-refractivity contribution in [3.63, 3.8) is 0 Å². The van der Waals surface area contributed by atoms with E-state index in [0.717, 1.165) is 11.4 Å². The number of anilines is 1. The summed E-state index contributed by atoms with van der Waals surface area (Å²) in [6.07, 6.45) is 3.92. The number of rotatable bonds is 7. The highest BCUT2D eigenvalue weighted by Gasteiger charge is 2.01. The van der Waals surface area contributed by atoms with Crippen LogP contribution in [0.15, 0.2) is 48.8 Å². The van der Waals surface area contributed by atoms with Crippen molar-refractivity contribution in [2.45, 2.75) is 0 Å². The molecule has 0 unspecified atom stereocenters. The molecule has 3 N–H and O–H groups in total. The zero-order chi connectivity index (χ0) is 14.9. The second-order valence-electron chi connectivity index (χ2n) is 4.35. The van der Waals surface area contributed by atoms with Crippen molar-refractivity contribution in [2.24, 2.45) is 0 Å². The number of nitrogens with one attached hydrogen (secondary N) is 2. The predicted octanol–water partition coefficient (Wildman–Crippen LogP) is 1.61. The topological polar surface area (TPSA) is 75.5 Å². The van der Waals surface area contributed by atoms with E-state index in [0.29, 0.717) is 13.2 Å². The van der Waals surface area contributed by atoms with Crippen molar-refractivity contribution < 1.29 is 14.6 Å². The molecule has 21 heavy (non-hydrogen) atoms.